The van der Waals surface area contributed by atoms with Crippen molar-refractivity contribution in [1.29, 1.82) is 0 Å². The molecule has 0 amide bonds. The van der Waals surface area contributed by atoms with Crippen LogP contribution in [-0.4, -0.2) is 4.98 Å². The van der Waals surface area contributed by atoms with E-state index in [-0.39, 0.29) is 0 Å². The first-order valence-electron chi connectivity index (χ1n) is 4.83. The zero-order valence-corrected chi connectivity index (χ0v) is 9.32. The molecule has 2 rings (SSSR count). The zero-order chi connectivity index (χ0) is 11.4. The van der Waals surface area contributed by atoms with Crippen LogP contribution in [0.25, 0.3) is 0 Å². The van der Waals surface area contributed by atoms with Crippen molar-refractivity contribution < 1.29 is 4.74 Å². The predicted molar refractivity (Wildman–Crippen MR) is 64.4 cm³/mol. The Labute approximate surface area is 98.8 Å². The highest BCUT2D eigenvalue weighted by molar-refractivity contribution is 6.30. The van der Waals surface area contributed by atoms with Gasteiger partial charge >= 0.3 is 0 Å². The van der Waals surface area contributed by atoms with Crippen LogP contribution < -0.4 is 10.5 Å². The summed E-state index contributed by atoms with van der Waals surface area (Å²) >= 11 is 5.84. The Kier molecular flexibility index (Phi) is 3.27. The summed E-state index contributed by atoms with van der Waals surface area (Å²) in [5.41, 5.74) is 7.11. The summed E-state index contributed by atoms with van der Waals surface area (Å²) in [7, 11) is 0. The number of benzene rings is 1. The molecule has 16 heavy (non-hydrogen) atoms. The SMILES string of the molecule is Nc1ccnc(COc2cccc(Cl)c2)c1. The maximum atomic E-state index is 5.84. The van der Waals surface area contributed by atoms with Gasteiger partial charge in [0.25, 0.3) is 0 Å². The van der Waals surface area contributed by atoms with Gasteiger partial charge in [-0.05, 0) is 30.3 Å². The molecule has 0 radical (unpaired) electrons. The fourth-order valence-electron chi connectivity index (χ4n) is 1.29. The summed E-state index contributed by atoms with van der Waals surface area (Å²) < 4.78 is 5.53. The Hall–Kier alpha value is -1.74. The number of nitrogens with two attached hydrogens (primary N) is 1. The van der Waals surface area contributed by atoms with Crippen LogP contribution in [0.1, 0.15) is 5.69 Å². The van der Waals surface area contributed by atoms with Crippen molar-refractivity contribution in [2.45, 2.75) is 6.61 Å². The lowest BCUT2D eigenvalue weighted by atomic mass is 10.3. The van der Waals surface area contributed by atoms with Crippen molar-refractivity contribution in [3.63, 3.8) is 0 Å². The number of rotatable bonds is 3. The minimum Gasteiger partial charge on any atom is -0.487 e. The van der Waals surface area contributed by atoms with Crippen LogP contribution in [0.4, 0.5) is 5.69 Å². The molecule has 1 aromatic carbocycles. The highest BCUT2D eigenvalue weighted by Crippen LogP contribution is 2.18. The lowest BCUT2D eigenvalue weighted by Gasteiger charge is -2.06. The van der Waals surface area contributed by atoms with Gasteiger partial charge in [-0.15, -0.1) is 0 Å². The van der Waals surface area contributed by atoms with Crippen LogP contribution in [0, 0.1) is 0 Å². The number of halogens is 1. The Morgan fingerprint density at radius 1 is 1.25 bits per heavy atom. The lowest BCUT2D eigenvalue weighted by Crippen LogP contribution is -1.99. The van der Waals surface area contributed by atoms with Crippen LogP contribution in [0.5, 0.6) is 5.75 Å². The van der Waals surface area contributed by atoms with Crippen molar-refractivity contribution in [1.82, 2.24) is 4.98 Å². The van der Waals surface area contributed by atoms with Crippen LogP contribution in [0.2, 0.25) is 5.02 Å². The van der Waals surface area contributed by atoms with E-state index >= 15 is 0 Å². The molecule has 3 nitrogen and oxygen atoms in total. The topological polar surface area (TPSA) is 48.1 Å². The van der Waals surface area contributed by atoms with E-state index in [1.165, 1.54) is 0 Å². The van der Waals surface area contributed by atoms with Crippen molar-refractivity contribution in [2.75, 3.05) is 5.73 Å². The summed E-state index contributed by atoms with van der Waals surface area (Å²) in [6.07, 6.45) is 1.66. The summed E-state index contributed by atoms with van der Waals surface area (Å²) in [5, 5.41) is 0.651. The summed E-state index contributed by atoms with van der Waals surface area (Å²) in [4.78, 5) is 4.14. The van der Waals surface area contributed by atoms with Gasteiger partial charge in [0.05, 0.1) is 5.69 Å². The maximum absolute atomic E-state index is 5.84. The molecule has 0 fully saturated rings. The van der Waals surface area contributed by atoms with Crippen LogP contribution in [-0.2, 0) is 6.61 Å². The van der Waals surface area contributed by atoms with Crippen molar-refractivity contribution >= 4 is 17.3 Å². The molecule has 0 atom stereocenters. The van der Waals surface area contributed by atoms with Gasteiger partial charge in [0, 0.05) is 16.9 Å². The van der Waals surface area contributed by atoms with Crippen molar-refractivity contribution in [3.8, 4) is 5.75 Å². The highest BCUT2D eigenvalue weighted by atomic mass is 35.5. The van der Waals surface area contributed by atoms with Gasteiger partial charge < -0.3 is 10.5 Å². The Balaban J connectivity index is 2.02. The number of ether oxygens (including phenoxy) is 1. The fourth-order valence-corrected chi connectivity index (χ4v) is 1.47. The third-order valence-electron chi connectivity index (χ3n) is 2.02. The van der Waals surface area contributed by atoms with Gasteiger partial charge in [0.1, 0.15) is 12.4 Å². The number of hydrogen-bond donors (Lipinski definition) is 1. The van der Waals surface area contributed by atoms with Crippen molar-refractivity contribution in [3.05, 3.63) is 53.3 Å². The van der Waals surface area contributed by atoms with E-state index in [1.807, 2.05) is 12.1 Å². The van der Waals surface area contributed by atoms with Gasteiger partial charge in [-0.1, -0.05) is 17.7 Å². The summed E-state index contributed by atoms with van der Waals surface area (Å²) in [6.45, 7) is 0.380. The van der Waals surface area contributed by atoms with E-state index in [4.69, 9.17) is 22.1 Å². The number of nitrogen functional groups attached to an aromatic ring is 1. The van der Waals surface area contributed by atoms with Crippen LogP contribution >= 0.6 is 11.6 Å². The number of nitrogens with zero attached hydrogens (tertiary/aromatic N) is 1. The van der Waals surface area contributed by atoms with E-state index < -0.39 is 0 Å². The molecule has 2 N–H and O–H groups in total. The minimum atomic E-state index is 0.380. The zero-order valence-electron chi connectivity index (χ0n) is 8.56. The van der Waals surface area contributed by atoms with Gasteiger partial charge in [-0.3, -0.25) is 4.98 Å². The second-order valence-electron chi connectivity index (χ2n) is 3.33. The molecule has 0 bridgehead atoms. The number of anilines is 1. The van der Waals surface area contributed by atoms with E-state index in [1.54, 1.807) is 30.5 Å². The fraction of sp³-hybridized carbons (Fsp3) is 0.0833. The van der Waals surface area contributed by atoms with E-state index in [2.05, 4.69) is 4.98 Å². The van der Waals surface area contributed by atoms with E-state index in [0.29, 0.717) is 17.3 Å². The molecule has 0 unspecified atom stereocenters. The standard InChI is InChI=1S/C12H11ClN2O/c13-9-2-1-3-12(6-9)16-8-11-7-10(14)4-5-15-11/h1-7H,8H2,(H2,14,15). The molecule has 0 aliphatic rings. The third-order valence-corrected chi connectivity index (χ3v) is 2.26. The number of aromatic nitrogens is 1. The molecular weight excluding hydrogens is 224 g/mol. The van der Waals surface area contributed by atoms with Gasteiger partial charge in [-0.25, -0.2) is 0 Å². The van der Waals surface area contributed by atoms with Gasteiger partial charge in [0.15, 0.2) is 0 Å². The lowest BCUT2D eigenvalue weighted by molar-refractivity contribution is 0.301. The van der Waals surface area contributed by atoms with E-state index in [9.17, 15) is 0 Å². The normalized spacial score (nSPS) is 10.1. The molecule has 4 heteroatoms. The first-order valence-corrected chi connectivity index (χ1v) is 5.20. The molecule has 1 aromatic heterocycles. The van der Waals surface area contributed by atoms with Gasteiger partial charge in [-0.2, -0.15) is 0 Å². The Morgan fingerprint density at radius 2 is 2.12 bits per heavy atom. The smallest absolute Gasteiger partial charge is 0.130 e. The molecule has 1 heterocycles. The molecule has 82 valence electrons. The molecule has 0 spiro atoms. The molecule has 0 saturated heterocycles. The first-order chi connectivity index (χ1) is 7.74. The monoisotopic (exact) mass is 234 g/mol. The third kappa shape index (κ3) is 2.87. The maximum Gasteiger partial charge on any atom is 0.130 e. The first kappa shape index (κ1) is 10.8. The average Bonchev–Trinajstić information content (AvgIpc) is 2.27. The van der Waals surface area contributed by atoms with Crippen LogP contribution in [0.15, 0.2) is 42.6 Å². The predicted octanol–water partition coefficient (Wildman–Crippen LogP) is 2.90. The Bertz CT molecular complexity index is 442. The molecule has 0 aliphatic carbocycles. The second-order valence-corrected chi connectivity index (χ2v) is 3.76. The van der Waals surface area contributed by atoms with Crippen LogP contribution in [0.3, 0.4) is 0 Å². The van der Waals surface area contributed by atoms with Gasteiger partial charge in [0.2, 0.25) is 0 Å². The van der Waals surface area contributed by atoms with Crippen molar-refractivity contribution in [2.24, 2.45) is 0 Å². The quantitative estimate of drug-likeness (QED) is 0.888. The summed E-state index contributed by atoms with van der Waals surface area (Å²) in [5.74, 6) is 0.719. The molecule has 2 aromatic rings. The highest BCUT2D eigenvalue weighted by Gasteiger charge is 1.98. The minimum absolute atomic E-state index is 0.380. The largest absolute Gasteiger partial charge is 0.487 e. The number of pyridine rings is 1. The summed E-state index contributed by atoms with van der Waals surface area (Å²) in [6, 6.07) is 10.8. The molecule has 0 saturated carbocycles. The molecule has 0 aliphatic heterocycles. The molecular formula is C12H11ClN2O. The number of hydrogen-bond acceptors (Lipinski definition) is 3. The second kappa shape index (κ2) is 4.86. The Morgan fingerprint density at radius 3 is 2.88 bits per heavy atom. The average molecular weight is 235 g/mol. The van der Waals surface area contributed by atoms with E-state index in [0.717, 1.165) is 11.4 Å².